The summed E-state index contributed by atoms with van der Waals surface area (Å²) in [5, 5.41) is 0. The van der Waals surface area contributed by atoms with Gasteiger partial charge in [0, 0.05) is 40.0 Å². The summed E-state index contributed by atoms with van der Waals surface area (Å²) >= 11 is 0. The molecule has 1 aromatic rings. The molecule has 0 bridgehead atoms. The number of esters is 1. The van der Waals surface area contributed by atoms with Crippen molar-refractivity contribution in [3.05, 3.63) is 24.3 Å². The summed E-state index contributed by atoms with van der Waals surface area (Å²) < 4.78 is 5.06. The molecule has 0 amide bonds. The number of hydrogen-bond acceptors (Lipinski definition) is 3. The van der Waals surface area contributed by atoms with Crippen molar-refractivity contribution in [2.45, 2.75) is 32.6 Å². The van der Waals surface area contributed by atoms with Gasteiger partial charge in [0.15, 0.2) is 0 Å². The van der Waals surface area contributed by atoms with Gasteiger partial charge in [0.05, 0.1) is 5.69 Å². The first-order chi connectivity index (χ1) is 11.6. The fourth-order valence-corrected chi connectivity index (χ4v) is 3.00. The number of nitrogens with zero attached hydrogens (tertiary/aromatic N) is 4. The minimum Gasteiger partial charge on any atom is -0.427 e. The van der Waals surface area contributed by atoms with Crippen molar-refractivity contribution in [1.82, 2.24) is 9.80 Å². The van der Waals surface area contributed by atoms with Gasteiger partial charge in [0.2, 0.25) is 5.96 Å². The second-order valence-electron chi connectivity index (χ2n) is 6.25. The Hall–Kier alpha value is -2.37. The maximum Gasteiger partial charge on any atom is 0.308 e. The van der Waals surface area contributed by atoms with Gasteiger partial charge in [-0.15, -0.1) is 0 Å². The largest absolute Gasteiger partial charge is 0.427 e. The van der Waals surface area contributed by atoms with Crippen LogP contribution in [0.25, 0.3) is 0 Å². The summed E-state index contributed by atoms with van der Waals surface area (Å²) in [7, 11) is 2.08. The molecule has 2 fully saturated rings. The lowest BCUT2D eigenvalue weighted by Crippen LogP contribution is -2.29. The van der Waals surface area contributed by atoms with Crippen LogP contribution >= 0.6 is 0 Å². The SMILES string of the molecule is CC(=O)Oc1ccc(N=C(N=C2CCCN2C)N2CCCC2)cc1. The lowest BCUT2D eigenvalue weighted by molar-refractivity contribution is -0.131. The number of rotatable bonds is 2. The monoisotopic (exact) mass is 328 g/mol. The Balaban J connectivity index is 1.84. The Labute approximate surface area is 142 Å². The van der Waals surface area contributed by atoms with Gasteiger partial charge in [-0.3, -0.25) is 4.79 Å². The fourth-order valence-electron chi connectivity index (χ4n) is 3.00. The topological polar surface area (TPSA) is 57.5 Å². The number of benzene rings is 1. The predicted molar refractivity (Wildman–Crippen MR) is 95.0 cm³/mol. The summed E-state index contributed by atoms with van der Waals surface area (Å²) in [6, 6.07) is 7.23. The van der Waals surface area contributed by atoms with E-state index >= 15 is 0 Å². The molecule has 6 heteroatoms. The quantitative estimate of drug-likeness (QED) is 0.362. The number of amidine groups is 1. The first-order valence-corrected chi connectivity index (χ1v) is 8.52. The molecule has 0 atom stereocenters. The molecule has 3 rings (SSSR count). The molecular weight excluding hydrogens is 304 g/mol. The molecule has 0 unspecified atom stereocenters. The highest BCUT2D eigenvalue weighted by Crippen LogP contribution is 2.21. The number of likely N-dealkylation sites (tertiary alicyclic amines) is 2. The van der Waals surface area contributed by atoms with E-state index < -0.39 is 0 Å². The zero-order chi connectivity index (χ0) is 16.9. The molecule has 128 valence electrons. The van der Waals surface area contributed by atoms with E-state index in [1.807, 2.05) is 12.1 Å². The van der Waals surface area contributed by atoms with E-state index in [-0.39, 0.29) is 5.97 Å². The van der Waals surface area contributed by atoms with Gasteiger partial charge in [0.25, 0.3) is 0 Å². The van der Waals surface area contributed by atoms with Crippen LogP contribution in [0.2, 0.25) is 0 Å². The Morgan fingerprint density at radius 1 is 1.08 bits per heavy atom. The molecule has 0 N–H and O–H groups in total. The molecule has 2 heterocycles. The van der Waals surface area contributed by atoms with Gasteiger partial charge in [-0.25, -0.2) is 4.99 Å². The molecule has 2 aliphatic rings. The number of ether oxygens (including phenoxy) is 1. The van der Waals surface area contributed by atoms with Crippen LogP contribution in [0.1, 0.15) is 32.6 Å². The fraction of sp³-hybridized carbons (Fsp3) is 0.500. The van der Waals surface area contributed by atoms with Crippen molar-refractivity contribution < 1.29 is 9.53 Å². The molecular formula is C18H24N4O2. The summed E-state index contributed by atoms with van der Waals surface area (Å²) in [6.45, 7) is 4.46. The third-order valence-corrected chi connectivity index (χ3v) is 4.28. The summed E-state index contributed by atoms with van der Waals surface area (Å²) in [4.78, 5) is 25.0. The maximum atomic E-state index is 11.0. The maximum absolute atomic E-state index is 11.0. The molecule has 24 heavy (non-hydrogen) atoms. The van der Waals surface area contributed by atoms with Crippen molar-refractivity contribution >= 4 is 23.5 Å². The molecule has 0 aromatic heterocycles. The van der Waals surface area contributed by atoms with Crippen LogP contribution in [0, 0.1) is 0 Å². The van der Waals surface area contributed by atoms with Gasteiger partial charge in [0.1, 0.15) is 11.6 Å². The van der Waals surface area contributed by atoms with E-state index in [0.29, 0.717) is 5.75 Å². The number of carbonyl (C=O) groups is 1. The smallest absolute Gasteiger partial charge is 0.308 e. The molecule has 1 aromatic carbocycles. The van der Waals surface area contributed by atoms with Gasteiger partial charge in [-0.05, 0) is 43.5 Å². The first kappa shape index (κ1) is 16.5. The lowest BCUT2D eigenvalue weighted by Gasteiger charge is -2.19. The molecule has 0 radical (unpaired) electrons. The predicted octanol–water partition coefficient (Wildman–Crippen LogP) is 2.82. The van der Waals surface area contributed by atoms with Gasteiger partial charge in [-0.2, -0.15) is 4.99 Å². The van der Waals surface area contributed by atoms with Crippen molar-refractivity contribution in [2.75, 3.05) is 26.7 Å². The normalized spacial score (nSPS) is 20.1. The third kappa shape index (κ3) is 4.13. The Bertz CT molecular complexity index is 645. The second-order valence-corrected chi connectivity index (χ2v) is 6.25. The van der Waals surface area contributed by atoms with E-state index in [0.717, 1.165) is 50.0 Å². The van der Waals surface area contributed by atoms with E-state index in [4.69, 9.17) is 14.7 Å². The minimum atomic E-state index is -0.320. The highest BCUT2D eigenvalue weighted by atomic mass is 16.5. The second kappa shape index (κ2) is 7.47. The molecule has 6 nitrogen and oxygen atoms in total. The summed E-state index contributed by atoms with van der Waals surface area (Å²) in [5.74, 6) is 2.11. The molecule has 2 saturated heterocycles. The van der Waals surface area contributed by atoms with Gasteiger partial charge in [-0.1, -0.05) is 0 Å². The molecule has 0 aliphatic carbocycles. The minimum absolute atomic E-state index is 0.320. The van der Waals surface area contributed by atoms with Crippen LogP contribution < -0.4 is 4.74 Å². The zero-order valence-electron chi connectivity index (χ0n) is 14.4. The Kier molecular flexibility index (Phi) is 5.13. The third-order valence-electron chi connectivity index (χ3n) is 4.28. The lowest BCUT2D eigenvalue weighted by atomic mass is 10.3. The number of hydrogen-bond donors (Lipinski definition) is 0. The standard InChI is InChI=1S/C18H24N4O2/c1-14(23)24-16-9-7-15(8-10-16)19-18(22-12-3-4-13-22)20-17-6-5-11-21(17)2/h7-10H,3-6,11-13H2,1-2H3. The van der Waals surface area contributed by atoms with Crippen molar-refractivity contribution in [2.24, 2.45) is 9.98 Å². The summed E-state index contributed by atoms with van der Waals surface area (Å²) in [5.41, 5.74) is 0.817. The van der Waals surface area contributed by atoms with Crippen LogP contribution in [-0.2, 0) is 4.79 Å². The highest BCUT2D eigenvalue weighted by Gasteiger charge is 2.20. The Morgan fingerprint density at radius 3 is 2.38 bits per heavy atom. The van der Waals surface area contributed by atoms with Crippen LogP contribution in [-0.4, -0.2) is 54.2 Å². The number of guanidine groups is 1. The van der Waals surface area contributed by atoms with Crippen molar-refractivity contribution in [3.63, 3.8) is 0 Å². The number of aliphatic imine (C=N–C) groups is 2. The molecule has 0 saturated carbocycles. The van der Waals surface area contributed by atoms with Crippen LogP contribution in [0.15, 0.2) is 34.3 Å². The van der Waals surface area contributed by atoms with Crippen molar-refractivity contribution in [3.8, 4) is 5.75 Å². The summed E-state index contributed by atoms with van der Waals surface area (Å²) in [6.07, 6.45) is 4.53. The first-order valence-electron chi connectivity index (χ1n) is 8.52. The number of carbonyl (C=O) groups excluding carboxylic acids is 1. The average Bonchev–Trinajstić information content (AvgIpc) is 3.20. The van der Waals surface area contributed by atoms with Crippen LogP contribution in [0.3, 0.4) is 0 Å². The average molecular weight is 328 g/mol. The highest BCUT2D eigenvalue weighted by molar-refractivity contribution is 5.97. The van der Waals surface area contributed by atoms with E-state index in [9.17, 15) is 4.79 Å². The zero-order valence-corrected chi connectivity index (χ0v) is 14.4. The molecule has 0 spiro atoms. The van der Waals surface area contributed by atoms with Crippen molar-refractivity contribution in [1.29, 1.82) is 0 Å². The van der Waals surface area contributed by atoms with Gasteiger partial charge >= 0.3 is 5.97 Å². The van der Waals surface area contributed by atoms with Gasteiger partial charge < -0.3 is 14.5 Å². The van der Waals surface area contributed by atoms with Crippen LogP contribution in [0.4, 0.5) is 5.69 Å². The van der Waals surface area contributed by atoms with Crippen LogP contribution in [0.5, 0.6) is 5.75 Å². The Morgan fingerprint density at radius 2 is 1.79 bits per heavy atom. The van der Waals surface area contributed by atoms with E-state index in [2.05, 4.69) is 16.8 Å². The van der Waals surface area contributed by atoms with E-state index in [1.54, 1.807) is 12.1 Å². The molecule has 2 aliphatic heterocycles. The van der Waals surface area contributed by atoms with E-state index in [1.165, 1.54) is 19.8 Å².